The van der Waals surface area contributed by atoms with Gasteiger partial charge in [0.1, 0.15) is 0 Å². The van der Waals surface area contributed by atoms with E-state index >= 15 is 0 Å². The van der Waals surface area contributed by atoms with Crippen molar-refractivity contribution in [2.75, 3.05) is 21.3 Å². The van der Waals surface area contributed by atoms with Gasteiger partial charge in [0.15, 0.2) is 0 Å². The Morgan fingerprint density at radius 3 is 1.89 bits per heavy atom. The molecule has 7 nitrogen and oxygen atoms in total. The standard InChI is InChI=1S/C14H19FNSi.C3H9BO6.Li/c1-14(2,3)17(4,5)16-10-9-11-7-6-8-12(15)13(11)16;1-5-8-4(9-6-2)10-7-3;/h6-7,9-10H,1-5H3;1-3H3;. The van der Waals surface area contributed by atoms with Crippen LogP contribution in [0.1, 0.15) is 20.8 Å². The molecule has 1 aromatic carbocycles. The Morgan fingerprint density at radius 1 is 0.964 bits per heavy atom. The normalized spacial score (nSPS) is 12.1. The number of nitrogens with zero attached hydrogens (tertiary/aromatic N) is 1. The molecule has 0 saturated heterocycles. The van der Waals surface area contributed by atoms with Crippen LogP contribution in [0.3, 0.4) is 0 Å². The summed E-state index contributed by atoms with van der Waals surface area (Å²) in [6.07, 6.45) is 2.06. The summed E-state index contributed by atoms with van der Waals surface area (Å²) in [5.41, 5.74) is 0.779. The van der Waals surface area contributed by atoms with Crippen molar-refractivity contribution < 1.29 is 33.5 Å². The number of rotatable bonds is 7. The van der Waals surface area contributed by atoms with Crippen LogP contribution in [-0.4, -0.2) is 58.8 Å². The van der Waals surface area contributed by atoms with E-state index in [1.165, 1.54) is 21.3 Å². The van der Waals surface area contributed by atoms with Crippen LogP contribution in [0.25, 0.3) is 10.9 Å². The van der Waals surface area contributed by atoms with Gasteiger partial charge in [0.25, 0.3) is 0 Å². The SMILES string of the molecule is COOB(OOC)OOC.[Li][c]1ccc2ccn([Si](C)(C)C(C)(C)C)c2c1F. The molecular weight excluding hydrogens is 379 g/mol. The van der Waals surface area contributed by atoms with Crippen LogP contribution in [0.15, 0.2) is 24.4 Å². The maximum atomic E-state index is 14.4. The molecule has 2 rings (SSSR count). The molecule has 0 N–H and O–H groups in total. The van der Waals surface area contributed by atoms with Gasteiger partial charge < -0.3 is 0 Å². The molecule has 0 radical (unpaired) electrons. The van der Waals surface area contributed by atoms with Crippen molar-refractivity contribution in [2.24, 2.45) is 0 Å². The van der Waals surface area contributed by atoms with Crippen LogP contribution in [0.4, 0.5) is 4.39 Å². The quantitative estimate of drug-likeness (QED) is 0.399. The van der Waals surface area contributed by atoms with Gasteiger partial charge in [-0.05, 0) is 0 Å². The van der Waals surface area contributed by atoms with Crippen molar-refractivity contribution in [3.63, 3.8) is 0 Å². The van der Waals surface area contributed by atoms with Gasteiger partial charge in [0, 0.05) is 0 Å². The fourth-order valence-corrected chi connectivity index (χ4v) is 4.36. The van der Waals surface area contributed by atoms with Crippen molar-refractivity contribution >= 4 is 48.4 Å². The van der Waals surface area contributed by atoms with Gasteiger partial charge in [0.05, 0.1) is 21.3 Å². The van der Waals surface area contributed by atoms with E-state index in [1.54, 1.807) is 0 Å². The second-order valence-corrected chi connectivity index (χ2v) is 12.8. The van der Waals surface area contributed by atoms with Crippen molar-refractivity contribution in [3.05, 3.63) is 30.2 Å². The summed E-state index contributed by atoms with van der Waals surface area (Å²) >= 11 is 1.83. The number of hydrogen-bond donors (Lipinski definition) is 0. The third-order valence-corrected chi connectivity index (χ3v) is 10.2. The van der Waals surface area contributed by atoms with Gasteiger partial charge in [-0.15, -0.1) is 0 Å². The summed E-state index contributed by atoms with van der Waals surface area (Å²) in [5, 5.41) is 1.19. The molecule has 0 bridgehead atoms. The predicted octanol–water partition coefficient (Wildman–Crippen LogP) is 3.13. The Bertz CT molecular complexity index is 741. The van der Waals surface area contributed by atoms with E-state index in [1.807, 2.05) is 35.9 Å². The molecule has 1 aromatic heterocycles. The Balaban J connectivity index is 0.000000336. The van der Waals surface area contributed by atoms with E-state index in [0.717, 1.165) is 15.1 Å². The molecule has 11 heteroatoms. The minimum absolute atomic E-state index is 0.0673. The van der Waals surface area contributed by atoms with Crippen LogP contribution < -0.4 is 4.24 Å². The fourth-order valence-electron chi connectivity index (χ4n) is 2.40. The van der Waals surface area contributed by atoms with Gasteiger partial charge in [-0.2, -0.15) is 0 Å². The fraction of sp³-hybridized carbons (Fsp3) is 0.529. The summed E-state index contributed by atoms with van der Waals surface area (Å²) in [5.74, 6) is -0.0673. The number of hydrogen-bond acceptors (Lipinski definition) is 6. The molecule has 28 heavy (non-hydrogen) atoms. The molecule has 0 unspecified atom stereocenters. The first-order valence-electron chi connectivity index (χ1n) is 8.86. The first-order valence-corrected chi connectivity index (χ1v) is 11.8. The number of halogens is 1. The van der Waals surface area contributed by atoms with Crippen LogP contribution in [0.5, 0.6) is 0 Å². The summed E-state index contributed by atoms with van der Waals surface area (Å²) < 4.78 is 17.3. The Labute approximate surface area is 176 Å². The van der Waals surface area contributed by atoms with Gasteiger partial charge in [0.2, 0.25) is 0 Å². The molecule has 0 spiro atoms. The Hall–Kier alpha value is -0.671. The summed E-state index contributed by atoms with van der Waals surface area (Å²) in [6.45, 7) is 11.3. The topological polar surface area (TPSA) is 60.3 Å². The molecule has 0 aliphatic heterocycles. The van der Waals surface area contributed by atoms with Gasteiger partial charge >= 0.3 is 126 Å². The molecule has 0 saturated carbocycles. The van der Waals surface area contributed by atoms with E-state index in [0.29, 0.717) is 0 Å². The summed E-state index contributed by atoms with van der Waals surface area (Å²) in [4.78, 5) is 25.6. The Morgan fingerprint density at radius 2 is 1.46 bits per heavy atom. The molecule has 1 heterocycles. The Kier molecular flexibility index (Phi) is 9.89. The molecular formula is C17H28BFLiNO6Si. The second kappa shape index (κ2) is 10.9. The van der Waals surface area contributed by atoms with E-state index in [2.05, 4.69) is 73.4 Å². The van der Waals surface area contributed by atoms with Gasteiger partial charge in [-0.1, -0.05) is 0 Å². The first kappa shape index (κ1) is 25.4. The van der Waals surface area contributed by atoms with Crippen LogP contribution >= 0.6 is 0 Å². The summed E-state index contributed by atoms with van der Waals surface area (Å²) in [7, 11) is 0.980. The molecule has 0 amide bonds. The van der Waals surface area contributed by atoms with Gasteiger partial charge in [-0.3, -0.25) is 14.7 Å². The summed E-state index contributed by atoms with van der Waals surface area (Å²) in [6, 6.07) is 5.89. The third kappa shape index (κ3) is 6.16. The number of aromatic nitrogens is 1. The average molecular weight is 407 g/mol. The van der Waals surface area contributed by atoms with Crippen LogP contribution in [-0.2, 0) is 29.1 Å². The van der Waals surface area contributed by atoms with Crippen LogP contribution in [0.2, 0.25) is 18.1 Å². The van der Waals surface area contributed by atoms with Crippen molar-refractivity contribution in [1.82, 2.24) is 4.23 Å². The minimum atomic E-state index is -1.77. The molecule has 2 aromatic rings. The molecule has 0 fully saturated rings. The van der Waals surface area contributed by atoms with E-state index < -0.39 is 15.6 Å². The zero-order chi connectivity index (χ0) is 21.5. The number of benzene rings is 1. The molecule has 0 atom stereocenters. The zero-order valence-corrected chi connectivity index (χ0v) is 19.2. The van der Waals surface area contributed by atoms with E-state index in [4.69, 9.17) is 0 Å². The average Bonchev–Trinajstić information content (AvgIpc) is 3.04. The second-order valence-electron chi connectivity index (χ2n) is 7.71. The number of fused-ring (bicyclic) bond motifs is 1. The predicted molar refractivity (Wildman–Crippen MR) is 110 cm³/mol. The molecule has 0 aliphatic rings. The monoisotopic (exact) mass is 407 g/mol. The van der Waals surface area contributed by atoms with Crippen molar-refractivity contribution in [2.45, 2.75) is 38.9 Å². The van der Waals surface area contributed by atoms with Crippen molar-refractivity contribution in [3.8, 4) is 0 Å². The van der Waals surface area contributed by atoms with E-state index in [-0.39, 0.29) is 10.9 Å². The first-order chi connectivity index (χ1) is 13.0. The molecule has 152 valence electrons. The third-order valence-electron chi connectivity index (χ3n) is 4.95. The zero-order valence-electron chi connectivity index (χ0n) is 18.2. The van der Waals surface area contributed by atoms with Crippen LogP contribution in [0, 0.1) is 5.82 Å². The molecule has 0 aliphatic carbocycles. The van der Waals surface area contributed by atoms with E-state index in [9.17, 15) is 4.39 Å². The maximum absolute atomic E-state index is 14.4. The van der Waals surface area contributed by atoms with Gasteiger partial charge in [-0.25, -0.2) is 14.4 Å². The van der Waals surface area contributed by atoms with Crippen molar-refractivity contribution in [1.29, 1.82) is 0 Å².